The average Bonchev–Trinajstić information content (AvgIpc) is 3.37. The SMILES string of the molecule is Cc1ccc(OCc2ccc(C(=O)N3CCC(N4CCNCC4)C3)o2)c(C)c1. The largest absolute Gasteiger partial charge is 0.485 e. The van der Waals surface area contributed by atoms with Gasteiger partial charge in [0.25, 0.3) is 5.91 Å². The lowest BCUT2D eigenvalue weighted by atomic mass is 10.1. The van der Waals surface area contributed by atoms with Crippen LogP contribution in [0.4, 0.5) is 0 Å². The number of amides is 1. The van der Waals surface area contributed by atoms with Crippen molar-refractivity contribution in [2.24, 2.45) is 0 Å². The number of nitrogens with one attached hydrogen (secondary N) is 1. The van der Waals surface area contributed by atoms with Crippen LogP contribution in [0, 0.1) is 13.8 Å². The van der Waals surface area contributed by atoms with E-state index in [1.165, 1.54) is 5.56 Å². The van der Waals surface area contributed by atoms with E-state index >= 15 is 0 Å². The molecule has 6 nitrogen and oxygen atoms in total. The second kappa shape index (κ2) is 8.37. The zero-order valence-electron chi connectivity index (χ0n) is 16.7. The van der Waals surface area contributed by atoms with Crippen LogP contribution in [0.15, 0.2) is 34.7 Å². The molecule has 2 saturated heterocycles. The fraction of sp³-hybridized carbons (Fsp3) is 0.500. The third-order valence-electron chi connectivity index (χ3n) is 5.69. The highest BCUT2D eigenvalue weighted by molar-refractivity contribution is 5.91. The van der Waals surface area contributed by atoms with Gasteiger partial charge in [-0.3, -0.25) is 9.69 Å². The van der Waals surface area contributed by atoms with E-state index in [4.69, 9.17) is 9.15 Å². The molecule has 0 bridgehead atoms. The van der Waals surface area contributed by atoms with E-state index < -0.39 is 0 Å². The Hall–Kier alpha value is -2.31. The Bertz CT molecular complexity index is 826. The van der Waals surface area contributed by atoms with E-state index in [1.54, 1.807) is 6.07 Å². The number of ether oxygens (including phenoxy) is 1. The fourth-order valence-corrected chi connectivity index (χ4v) is 4.11. The zero-order valence-corrected chi connectivity index (χ0v) is 16.7. The van der Waals surface area contributed by atoms with Crippen molar-refractivity contribution in [3.05, 3.63) is 53.0 Å². The first-order valence-electron chi connectivity index (χ1n) is 10.1. The molecule has 0 spiro atoms. The lowest BCUT2D eigenvalue weighted by Gasteiger charge is -2.32. The average molecular weight is 383 g/mol. The molecule has 28 heavy (non-hydrogen) atoms. The van der Waals surface area contributed by atoms with Gasteiger partial charge in [-0.15, -0.1) is 0 Å². The molecule has 6 heteroatoms. The Morgan fingerprint density at radius 1 is 1.18 bits per heavy atom. The van der Waals surface area contributed by atoms with Crippen LogP contribution < -0.4 is 10.1 Å². The van der Waals surface area contributed by atoms with Gasteiger partial charge in [-0.2, -0.15) is 0 Å². The minimum absolute atomic E-state index is 0.0181. The summed E-state index contributed by atoms with van der Waals surface area (Å²) in [6.45, 7) is 10.2. The summed E-state index contributed by atoms with van der Waals surface area (Å²) in [6.07, 6.45) is 1.04. The Kier molecular flexibility index (Phi) is 5.69. The van der Waals surface area contributed by atoms with E-state index in [9.17, 15) is 4.79 Å². The summed E-state index contributed by atoms with van der Waals surface area (Å²) in [6, 6.07) is 10.2. The van der Waals surface area contributed by atoms with E-state index in [0.717, 1.165) is 57.0 Å². The second-order valence-electron chi connectivity index (χ2n) is 7.80. The number of benzene rings is 1. The summed E-state index contributed by atoms with van der Waals surface area (Å²) in [5, 5.41) is 3.38. The molecule has 1 N–H and O–H groups in total. The summed E-state index contributed by atoms with van der Waals surface area (Å²) in [4.78, 5) is 17.2. The van der Waals surface area contributed by atoms with Crippen LogP contribution in [0.25, 0.3) is 0 Å². The first-order valence-corrected chi connectivity index (χ1v) is 10.1. The van der Waals surface area contributed by atoms with Crippen LogP contribution in [0.1, 0.15) is 33.9 Å². The maximum absolute atomic E-state index is 12.8. The smallest absolute Gasteiger partial charge is 0.289 e. The van der Waals surface area contributed by atoms with Gasteiger partial charge in [-0.1, -0.05) is 17.7 Å². The molecule has 2 aliphatic rings. The lowest BCUT2D eigenvalue weighted by Crippen LogP contribution is -2.49. The molecular weight excluding hydrogens is 354 g/mol. The Labute approximate surface area is 166 Å². The highest BCUT2D eigenvalue weighted by Gasteiger charge is 2.32. The highest BCUT2D eigenvalue weighted by atomic mass is 16.5. The van der Waals surface area contributed by atoms with E-state index in [0.29, 0.717) is 24.2 Å². The minimum atomic E-state index is -0.0181. The summed E-state index contributed by atoms with van der Waals surface area (Å²) in [5.41, 5.74) is 2.30. The van der Waals surface area contributed by atoms with Gasteiger partial charge in [0.1, 0.15) is 18.1 Å². The number of rotatable bonds is 5. The maximum atomic E-state index is 12.8. The normalized spacial score (nSPS) is 20.5. The second-order valence-corrected chi connectivity index (χ2v) is 7.80. The first-order chi connectivity index (χ1) is 13.6. The van der Waals surface area contributed by atoms with Crippen LogP contribution >= 0.6 is 0 Å². The van der Waals surface area contributed by atoms with Gasteiger partial charge >= 0.3 is 0 Å². The number of carbonyl (C=O) groups excluding carboxylic acids is 1. The van der Waals surface area contributed by atoms with Crippen molar-refractivity contribution in [3.63, 3.8) is 0 Å². The number of carbonyl (C=O) groups is 1. The molecule has 1 aromatic carbocycles. The van der Waals surface area contributed by atoms with Crippen molar-refractivity contribution in [1.29, 1.82) is 0 Å². The van der Waals surface area contributed by atoms with Gasteiger partial charge in [0.2, 0.25) is 0 Å². The molecule has 2 aromatic rings. The van der Waals surface area contributed by atoms with Crippen molar-refractivity contribution in [2.45, 2.75) is 32.9 Å². The Morgan fingerprint density at radius 2 is 2.00 bits per heavy atom. The Balaban J connectivity index is 1.33. The maximum Gasteiger partial charge on any atom is 0.289 e. The molecule has 1 amide bonds. The molecular formula is C22H29N3O3. The zero-order chi connectivity index (χ0) is 19.5. The molecule has 1 unspecified atom stereocenters. The summed E-state index contributed by atoms with van der Waals surface area (Å²) in [5.74, 6) is 1.89. The molecule has 0 aliphatic carbocycles. The van der Waals surface area contributed by atoms with Crippen molar-refractivity contribution >= 4 is 5.91 Å². The van der Waals surface area contributed by atoms with Gasteiger partial charge in [0.05, 0.1) is 0 Å². The topological polar surface area (TPSA) is 58.0 Å². The number of hydrogen-bond donors (Lipinski definition) is 1. The van der Waals surface area contributed by atoms with Gasteiger partial charge in [0.15, 0.2) is 5.76 Å². The van der Waals surface area contributed by atoms with Crippen LogP contribution in [-0.4, -0.2) is 61.0 Å². The number of nitrogens with zero attached hydrogens (tertiary/aromatic N) is 2. The first kappa shape index (κ1) is 19.0. The molecule has 0 saturated carbocycles. The number of aryl methyl sites for hydroxylation is 2. The van der Waals surface area contributed by atoms with Gasteiger partial charge in [-0.05, 0) is 44.0 Å². The standard InChI is InChI=1S/C22H29N3O3/c1-16-3-5-20(17(2)13-16)27-15-19-4-6-21(28-19)22(26)25-10-7-18(14-25)24-11-8-23-9-12-24/h3-6,13,18,23H,7-12,14-15H2,1-2H3. The van der Waals surface area contributed by atoms with E-state index in [1.807, 2.05) is 30.0 Å². The summed E-state index contributed by atoms with van der Waals surface area (Å²) < 4.78 is 11.6. The minimum Gasteiger partial charge on any atom is -0.485 e. The highest BCUT2D eigenvalue weighted by Crippen LogP contribution is 2.22. The fourth-order valence-electron chi connectivity index (χ4n) is 4.11. The van der Waals surface area contributed by atoms with Crippen LogP contribution in [0.3, 0.4) is 0 Å². The van der Waals surface area contributed by atoms with Gasteiger partial charge < -0.3 is 19.4 Å². The molecule has 0 radical (unpaired) electrons. The molecule has 150 valence electrons. The van der Waals surface area contributed by atoms with E-state index in [-0.39, 0.29) is 5.91 Å². The third-order valence-corrected chi connectivity index (χ3v) is 5.69. The molecule has 2 aliphatic heterocycles. The van der Waals surface area contributed by atoms with Gasteiger partial charge in [0, 0.05) is 45.3 Å². The van der Waals surface area contributed by atoms with Crippen LogP contribution in [0.2, 0.25) is 0 Å². The van der Waals surface area contributed by atoms with Crippen LogP contribution in [0.5, 0.6) is 5.75 Å². The van der Waals surface area contributed by atoms with Crippen LogP contribution in [-0.2, 0) is 6.61 Å². The lowest BCUT2D eigenvalue weighted by molar-refractivity contribution is 0.0738. The number of likely N-dealkylation sites (tertiary alicyclic amines) is 1. The van der Waals surface area contributed by atoms with Crippen molar-refractivity contribution in [3.8, 4) is 5.75 Å². The summed E-state index contributed by atoms with van der Waals surface area (Å²) in [7, 11) is 0. The number of hydrogen-bond acceptors (Lipinski definition) is 5. The summed E-state index contributed by atoms with van der Waals surface area (Å²) >= 11 is 0. The molecule has 1 atom stereocenters. The molecule has 1 aromatic heterocycles. The Morgan fingerprint density at radius 3 is 2.79 bits per heavy atom. The molecule has 3 heterocycles. The van der Waals surface area contributed by atoms with Gasteiger partial charge in [-0.25, -0.2) is 0 Å². The molecule has 2 fully saturated rings. The third kappa shape index (κ3) is 4.23. The quantitative estimate of drug-likeness (QED) is 0.860. The predicted molar refractivity (Wildman–Crippen MR) is 108 cm³/mol. The van der Waals surface area contributed by atoms with Crippen molar-refractivity contribution in [2.75, 3.05) is 39.3 Å². The number of piperazine rings is 1. The van der Waals surface area contributed by atoms with Crippen molar-refractivity contribution in [1.82, 2.24) is 15.1 Å². The monoisotopic (exact) mass is 383 g/mol. The van der Waals surface area contributed by atoms with E-state index in [2.05, 4.69) is 23.2 Å². The molecule has 4 rings (SSSR count). The van der Waals surface area contributed by atoms with Crippen molar-refractivity contribution < 1.29 is 13.9 Å². The number of furan rings is 1. The predicted octanol–water partition coefficient (Wildman–Crippen LogP) is 2.60.